The van der Waals surface area contributed by atoms with E-state index in [9.17, 15) is 9.59 Å². The van der Waals surface area contributed by atoms with Crippen LogP contribution in [-0.4, -0.2) is 18.5 Å². The molecule has 0 aliphatic carbocycles. The van der Waals surface area contributed by atoms with Gasteiger partial charge in [0.2, 0.25) is 0 Å². The van der Waals surface area contributed by atoms with E-state index in [2.05, 4.69) is 5.32 Å². The smallest absolute Gasteiger partial charge is 0.331 e. The molecule has 0 aliphatic heterocycles. The molecule has 0 spiro atoms. The van der Waals surface area contributed by atoms with Crippen molar-refractivity contribution in [2.45, 2.75) is 20.3 Å². The molecule has 1 heterocycles. The number of hydrogen-bond acceptors (Lipinski definition) is 4. The van der Waals surface area contributed by atoms with Gasteiger partial charge in [-0.05, 0) is 48.2 Å². The first-order valence-corrected chi connectivity index (χ1v) is 10.3. The Morgan fingerprint density at radius 3 is 2.59 bits per heavy atom. The average Bonchev–Trinajstić information content (AvgIpc) is 3.22. The highest BCUT2D eigenvalue weighted by Crippen LogP contribution is 2.28. The summed E-state index contributed by atoms with van der Waals surface area (Å²) in [7, 11) is 0. The minimum atomic E-state index is -0.546. The summed E-state index contributed by atoms with van der Waals surface area (Å²) in [5.41, 5.74) is 3.96. The average molecular weight is 406 g/mol. The number of rotatable bonds is 7. The largest absolute Gasteiger partial charge is 0.452 e. The Bertz CT molecular complexity index is 1020. The number of hydrogen-bond donors (Lipinski definition) is 1. The lowest BCUT2D eigenvalue weighted by atomic mass is 10.1. The van der Waals surface area contributed by atoms with Gasteiger partial charge in [0.25, 0.3) is 5.91 Å². The van der Waals surface area contributed by atoms with E-state index in [-0.39, 0.29) is 12.5 Å². The lowest BCUT2D eigenvalue weighted by molar-refractivity contribution is -0.142. The van der Waals surface area contributed by atoms with Crippen LogP contribution in [0.3, 0.4) is 0 Å². The van der Waals surface area contributed by atoms with Gasteiger partial charge in [-0.15, -0.1) is 11.3 Å². The van der Waals surface area contributed by atoms with E-state index in [1.807, 2.05) is 74.5 Å². The number of nitrogens with one attached hydrogen (secondary N) is 1. The van der Waals surface area contributed by atoms with Crippen molar-refractivity contribution in [1.29, 1.82) is 0 Å². The van der Waals surface area contributed by atoms with Crippen LogP contribution in [-0.2, 0) is 20.7 Å². The molecular weight excluding hydrogens is 382 g/mol. The van der Waals surface area contributed by atoms with Crippen LogP contribution in [0.15, 0.2) is 66.7 Å². The van der Waals surface area contributed by atoms with Crippen LogP contribution in [0.2, 0.25) is 0 Å². The maximum Gasteiger partial charge on any atom is 0.331 e. The molecule has 0 aliphatic rings. The van der Waals surface area contributed by atoms with Gasteiger partial charge in [-0.2, -0.15) is 0 Å². The fourth-order valence-corrected chi connectivity index (χ4v) is 3.83. The standard InChI is InChI=1S/C24H23NO3S/c1-3-18-11-7-8-17(2)24(18)25-22(26)16-28-23(27)15-13-20-12-14-21(29-20)19-9-5-4-6-10-19/h4-15H,3,16H2,1-2H3,(H,25,26)/b15-13+. The van der Waals surface area contributed by atoms with Gasteiger partial charge in [0.15, 0.2) is 6.61 Å². The Morgan fingerprint density at radius 2 is 1.83 bits per heavy atom. The SMILES string of the molecule is CCc1cccc(C)c1NC(=O)COC(=O)/C=C/c1ccc(-c2ccccc2)s1. The minimum Gasteiger partial charge on any atom is -0.452 e. The summed E-state index contributed by atoms with van der Waals surface area (Å²) in [5, 5.41) is 2.84. The molecule has 5 heteroatoms. The Kier molecular flexibility index (Phi) is 6.98. The first-order valence-electron chi connectivity index (χ1n) is 9.45. The zero-order chi connectivity index (χ0) is 20.6. The van der Waals surface area contributed by atoms with E-state index >= 15 is 0 Å². The number of para-hydroxylation sites is 1. The van der Waals surface area contributed by atoms with E-state index in [0.29, 0.717) is 0 Å². The Hall–Kier alpha value is -3.18. The van der Waals surface area contributed by atoms with Gasteiger partial charge in [-0.25, -0.2) is 4.79 Å². The Balaban J connectivity index is 1.52. The van der Waals surface area contributed by atoms with Gasteiger partial charge in [0.1, 0.15) is 0 Å². The van der Waals surface area contributed by atoms with Gasteiger partial charge in [-0.1, -0.05) is 55.5 Å². The molecule has 0 atom stereocenters. The van der Waals surface area contributed by atoms with Crippen LogP contribution >= 0.6 is 11.3 Å². The van der Waals surface area contributed by atoms with Crippen molar-refractivity contribution in [3.8, 4) is 10.4 Å². The lowest BCUT2D eigenvalue weighted by Gasteiger charge is -2.12. The summed E-state index contributed by atoms with van der Waals surface area (Å²) in [4.78, 5) is 26.2. The second-order valence-corrected chi connectivity index (χ2v) is 7.64. The molecule has 1 N–H and O–H groups in total. The zero-order valence-electron chi connectivity index (χ0n) is 16.5. The predicted molar refractivity (Wildman–Crippen MR) is 119 cm³/mol. The van der Waals surface area contributed by atoms with E-state index < -0.39 is 5.97 Å². The number of benzene rings is 2. The second kappa shape index (κ2) is 9.85. The Morgan fingerprint density at radius 1 is 1.03 bits per heavy atom. The predicted octanol–water partition coefficient (Wildman–Crippen LogP) is 5.48. The maximum atomic E-state index is 12.2. The quantitative estimate of drug-likeness (QED) is 0.418. The molecule has 0 saturated carbocycles. The van der Waals surface area contributed by atoms with Crippen molar-refractivity contribution in [3.05, 3.63) is 82.7 Å². The normalized spacial score (nSPS) is 10.8. The van der Waals surface area contributed by atoms with Crippen molar-refractivity contribution in [2.75, 3.05) is 11.9 Å². The molecule has 3 aromatic rings. The first kappa shape index (κ1) is 20.6. The van der Waals surface area contributed by atoms with Crippen LogP contribution in [0.5, 0.6) is 0 Å². The molecule has 2 aromatic carbocycles. The molecule has 1 aromatic heterocycles. The van der Waals surface area contributed by atoms with Crippen molar-refractivity contribution >= 4 is 35.0 Å². The summed E-state index contributed by atoms with van der Waals surface area (Å²) in [5.74, 6) is -0.895. The summed E-state index contributed by atoms with van der Waals surface area (Å²) >= 11 is 1.59. The fraction of sp³-hybridized carbons (Fsp3) is 0.167. The third-order valence-corrected chi connectivity index (χ3v) is 5.52. The molecule has 4 nitrogen and oxygen atoms in total. The molecule has 0 unspecified atom stereocenters. The summed E-state index contributed by atoms with van der Waals surface area (Å²) < 4.78 is 5.07. The minimum absolute atomic E-state index is 0.319. The van der Waals surface area contributed by atoms with Crippen LogP contribution in [0, 0.1) is 6.92 Å². The fourth-order valence-electron chi connectivity index (χ4n) is 2.91. The highest BCUT2D eigenvalue weighted by Gasteiger charge is 2.10. The number of thiophene rings is 1. The summed E-state index contributed by atoms with van der Waals surface area (Å²) in [6.45, 7) is 3.65. The molecule has 0 bridgehead atoms. The molecular formula is C24H23NO3S. The molecule has 0 saturated heterocycles. The van der Waals surface area contributed by atoms with Crippen molar-refractivity contribution < 1.29 is 14.3 Å². The molecule has 1 amide bonds. The van der Waals surface area contributed by atoms with Crippen LogP contribution in [0.25, 0.3) is 16.5 Å². The van der Waals surface area contributed by atoms with E-state index in [4.69, 9.17) is 4.74 Å². The zero-order valence-corrected chi connectivity index (χ0v) is 17.3. The van der Waals surface area contributed by atoms with E-state index in [0.717, 1.165) is 38.6 Å². The van der Waals surface area contributed by atoms with Gasteiger partial charge in [0, 0.05) is 21.5 Å². The molecule has 29 heavy (non-hydrogen) atoms. The van der Waals surface area contributed by atoms with Crippen molar-refractivity contribution in [1.82, 2.24) is 0 Å². The monoisotopic (exact) mass is 405 g/mol. The molecule has 148 valence electrons. The molecule has 0 fully saturated rings. The van der Waals surface area contributed by atoms with E-state index in [1.165, 1.54) is 6.08 Å². The molecule has 0 radical (unpaired) electrons. The Labute approximate surface area is 174 Å². The van der Waals surface area contributed by atoms with Gasteiger partial charge in [-0.3, -0.25) is 4.79 Å². The number of carbonyl (C=O) groups excluding carboxylic acids is 2. The number of aryl methyl sites for hydroxylation is 2. The number of esters is 1. The highest BCUT2D eigenvalue weighted by molar-refractivity contribution is 7.16. The third kappa shape index (κ3) is 5.65. The topological polar surface area (TPSA) is 55.4 Å². The van der Waals surface area contributed by atoms with Crippen LogP contribution < -0.4 is 5.32 Å². The molecule has 3 rings (SSSR count). The van der Waals surface area contributed by atoms with Gasteiger partial charge in [0.05, 0.1) is 0 Å². The number of anilines is 1. The summed E-state index contributed by atoms with van der Waals surface area (Å²) in [6, 6.07) is 19.9. The van der Waals surface area contributed by atoms with Crippen molar-refractivity contribution in [3.63, 3.8) is 0 Å². The van der Waals surface area contributed by atoms with Crippen LogP contribution in [0.4, 0.5) is 5.69 Å². The van der Waals surface area contributed by atoms with E-state index in [1.54, 1.807) is 17.4 Å². The number of carbonyl (C=O) groups is 2. The summed E-state index contributed by atoms with van der Waals surface area (Å²) in [6.07, 6.45) is 3.86. The first-order chi connectivity index (χ1) is 14.1. The third-order valence-electron chi connectivity index (χ3n) is 4.42. The number of ether oxygens (including phenoxy) is 1. The van der Waals surface area contributed by atoms with Gasteiger partial charge >= 0.3 is 5.97 Å². The lowest BCUT2D eigenvalue weighted by Crippen LogP contribution is -2.21. The van der Waals surface area contributed by atoms with Crippen LogP contribution in [0.1, 0.15) is 22.9 Å². The second-order valence-electron chi connectivity index (χ2n) is 6.52. The van der Waals surface area contributed by atoms with Crippen molar-refractivity contribution in [2.24, 2.45) is 0 Å². The highest BCUT2D eigenvalue weighted by atomic mass is 32.1. The maximum absolute atomic E-state index is 12.2. The number of amides is 1. The van der Waals surface area contributed by atoms with Gasteiger partial charge < -0.3 is 10.1 Å².